The van der Waals surface area contributed by atoms with Crippen LogP contribution in [0.2, 0.25) is 0 Å². The summed E-state index contributed by atoms with van der Waals surface area (Å²) in [4.78, 5) is 14.2. The first-order chi connectivity index (χ1) is 9.95. The number of rotatable bonds is 5. The SMILES string of the molecule is CCCS(=O)(=O)c1ccc(N2CCCCC2C(C)=O)cc1. The summed E-state index contributed by atoms with van der Waals surface area (Å²) in [6, 6.07) is 6.89. The van der Waals surface area contributed by atoms with E-state index in [4.69, 9.17) is 0 Å². The van der Waals surface area contributed by atoms with Crippen molar-refractivity contribution in [3.63, 3.8) is 0 Å². The highest BCUT2D eigenvalue weighted by Crippen LogP contribution is 2.26. The van der Waals surface area contributed by atoms with E-state index in [2.05, 4.69) is 4.90 Å². The van der Waals surface area contributed by atoms with E-state index in [0.29, 0.717) is 11.3 Å². The minimum atomic E-state index is -3.17. The number of hydrogen-bond acceptors (Lipinski definition) is 4. The Hall–Kier alpha value is -1.36. The monoisotopic (exact) mass is 309 g/mol. The van der Waals surface area contributed by atoms with Gasteiger partial charge < -0.3 is 4.90 Å². The Balaban J connectivity index is 2.24. The van der Waals surface area contributed by atoms with Gasteiger partial charge in [0.15, 0.2) is 15.6 Å². The van der Waals surface area contributed by atoms with Gasteiger partial charge in [-0.25, -0.2) is 8.42 Å². The van der Waals surface area contributed by atoms with Crippen molar-refractivity contribution in [2.45, 2.75) is 50.5 Å². The second-order valence-corrected chi connectivity index (χ2v) is 7.74. The molecule has 1 aromatic carbocycles. The Kier molecular flexibility index (Phi) is 5.04. The maximum absolute atomic E-state index is 12.0. The minimum Gasteiger partial charge on any atom is -0.362 e. The van der Waals surface area contributed by atoms with E-state index in [1.807, 2.05) is 19.1 Å². The molecule has 1 unspecified atom stereocenters. The number of nitrogens with zero attached hydrogens (tertiary/aromatic N) is 1. The molecule has 0 amide bonds. The predicted molar refractivity (Wildman–Crippen MR) is 84.5 cm³/mol. The van der Waals surface area contributed by atoms with Crippen LogP contribution >= 0.6 is 0 Å². The van der Waals surface area contributed by atoms with E-state index in [1.54, 1.807) is 19.1 Å². The fourth-order valence-corrected chi connectivity index (χ4v) is 4.22. The van der Waals surface area contributed by atoms with Crippen LogP contribution in [0, 0.1) is 0 Å². The zero-order valence-corrected chi connectivity index (χ0v) is 13.5. The van der Waals surface area contributed by atoms with Crippen LogP contribution in [-0.4, -0.2) is 32.5 Å². The predicted octanol–water partition coefficient (Wildman–Crippen LogP) is 2.82. The average Bonchev–Trinajstić information content (AvgIpc) is 2.47. The third-order valence-corrected chi connectivity index (χ3v) is 5.91. The highest BCUT2D eigenvalue weighted by Gasteiger charge is 2.26. The normalized spacial score (nSPS) is 19.5. The summed E-state index contributed by atoms with van der Waals surface area (Å²) >= 11 is 0. The Morgan fingerprint density at radius 3 is 2.48 bits per heavy atom. The van der Waals surface area contributed by atoms with Gasteiger partial charge in [-0.15, -0.1) is 0 Å². The Bertz CT molecular complexity index is 592. The van der Waals surface area contributed by atoms with Crippen LogP contribution in [0.15, 0.2) is 29.2 Å². The average molecular weight is 309 g/mol. The molecule has 0 N–H and O–H groups in total. The van der Waals surface area contributed by atoms with Crippen LogP contribution in [-0.2, 0) is 14.6 Å². The summed E-state index contributed by atoms with van der Waals surface area (Å²) in [5.74, 6) is 0.351. The molecule has 2 rings (SSSR count). The van der Waals surface area contributed by atoms with Crippen LogP contribution in [0.1, 0.15) is 39.5 Å². The quantitative estimate of drug-likeness (QED) is 0.839. The van der Waals surface area contributed by atoms with Gasteiger partial charge in [0.1, 0.15) is 0 Å². The lowest BCUT2D eigenvalue weighted by atomic mass is 9.98. The van der Waals surface area contributed by atoms with Gasteiger partial charge in [-0.3, -0.25) is 4.79 Å². The molecule has 0 spiro atoms. The lowest BCUT2D eigenvalue weighted by Gasteiger charge is -2.36. The lowest BCUT2D eigenvalue weighted by molar-refractivity contribution is -0.118. The number of hydrogen-bond donors (Lipinski definition) is 0. The molecule has 0 aliphatic carbocycles. The fraction of sp³-hybridized carbons (Fsp3) is 0.562. The van der Waals surface area contributed by atoms with Gasteiger partial charge in [-0.1, -0.05) is 6.92 Å². The van der Waals surface area contributed by atoms with E-state index >= 15 is 0 Å². The van der Waals surface area contributed by atoms with Crippen LogP contribution < -0.4 is 4.90 Å². The number of piperidine rings is 1. The molecule has 0 aromatic heterocycles. The first-order valence-electron chi connectivity index (χ1n) is 7.55. The summed E-state index contributed by atoms with van der Waals surface area (Å²) in [6.45, 7) is 4.34. The molecular formula is C16H23NO3S. The molecular weight excluding hydrogens is 286 g/mol. The van der Waals surface area contributed by atoms with Crippen LogP contribution in [0.25, 0.3) is 0 Å². The fourth-order valence-electron chi connectivity index (χ4n) is 2.89. The molecule has 1 fully saturated rings. The molecule has 1 aliphatic heterocycles. The number of sulfone groups is 1. The van der Waals surface area contributed by atoms with Crippen molar-refractivity contribution in [3.8, 4) is 0 Å². The molecule has 4 nitrogen and oxygen atoms in total. The van der Waals surface area contributed by atoms with Gasteiger partial charge in [0.25, 0.3) is 0 Å². The zero-order chi connectivity index (χ0) is 15.5. The minimum absolute atomic E-state index is 0.0724. The van der Waals surface area contributed by atoms with Gasteiger partial charge in [-0.05, 0) is 56.9 Å². The molecule has 1 saturated heterocycles. The number of carbonyl (C=O) groups is 1. The third kappa shape index (κ3) is 3.64. The molecule has 0 radical (unpaired) electrons. The van der Waals surface area contributed by atoms with Crippen molar-refractivity contribution in [2.24, 2.45) is 0 Å². The summed E-state index contributed by atoms with van der Waals surface area (Å²) < 4.78 is 24.0. The number of ketones is 1. The Morgan fingerprint density at radius 2 is 1.90 bits per heavy atom. The number of carbonyl (C=O) groups excluding carboxylic acids is 1. The van der Waals surface area contributed by atoms with E-state index in [-0.39, 0.29) is 17.6 Å². The van der Waals surface area contributed by atoms with Crippen LogP contribution in [0.4, 0.5) is 5.69 Å². The van der Waals surface area contributed by atoms with Crippen molar-refractivity contribution in [3.05, 3.63) is 24.3 Å². The molecule has 1 atom stereocenters. The number of benzene rings is 1. The van der Waals surface area contributed by atoms with Gasteiger partial charge >= 0.3 is 0 Å². The molecule has 1 heterocycles. The number of anilines is 1. The Labute approximate surface area is 127 Å². The smallest absolute Gasteiger partial charge is 0.178 e. The van der Waals surface area contributed by atoms with Crippen molar-refractivity contribution >= 4 is 21.3 Å². The van der Waals surface area contributed by atoms with Crippen LogP contribution in [0.5, 0.6) is 0 Å². The highest BCUT2D eigenvalue weighted by atomic mass is 32.2. The van der Waals surface area contributed by atoms with Gasteiger partial charge in [-0.2, -0.15) is 0 Å². The molecule has 1 aromatic rings. The van der Waals surface area contributed by atoms with E-state index in [0.717, 1.165) is 31.5 Å². The first kappa shape index (κ1) is 16.0. The van der Waals surface area contributed by atoms with Gasteiger partial charge in [0.05, 0.1) is 16.7 Å². The summed E-state index contributed by atoms with van der Waals surface area (Å²) in [5, 5.41) is 0. The summed E-state index contributed by atoms with van der Waals surface area (Å²) in [7, 11) is -3.17. The van der Waals surface area contributed by atoms with Crippen LogP contribution in [0.3, 0.4) is 0 Å². The molecule has 1 aliphatic rings. The lowest BCUT2D eigenvalue weighted by Crippen LogP contribution is -2.43. The maximum atomic E-state index is 12.0. The maximum Gasteiger partial charge on any atom is 0.178 e. The van der Waals surface area contributed by atoms with E-state index in [1.165, 1.54) is 0 Å². The van der Waals surface area contributed by atoms with Gasteiger partial charge in [0.2, 0.25) is 0 Å². The summed E-state index contributed by atoms with van der Waals surface area (Å²) in [6.07, 6.45) is 3.64. The van der Waals surface area contributed by atoms with Crippen molar-refractivity contribution in [2.75, 3.05) is 17.2 Å². The van der Waals surface area contributed by atoms with E-state index < -0.39 is 9.84 Å². The van der Waals surface area contributed by atoms with Crippen molar-refractivity contribution in [1.29, 1.82) is 0 Å². The second kappa shape index (κ2) is 6.60. The zero-order valence-electron chi connectivity index (χ0n) is 12.7. The highest BCUT2D eigenvalue weighted by molar-refractivity contribution is 7.91. The molecule has 5 heteroatoms. The third-order valence-electron chi connectivity index (χ3n) is 3.97. The standard InChI is InChI=1S/C16H23NO3S/c1-3-12-21(19,20)15-9-7-14(8-10-15)17-11-5-4-6-16(17)13(2)18/h7-10,16H,3-6,11-12H2,1-2H3. The largest absolute Gasteiger partial charge is 0.362 e. The molecule has 116 valence electrons. The molecule has 0 bridgehead atoms. The van der Waals surface area contributed by atoms with Crippen molar-refractivity contribution in [1.82, 2.24) is 0 Å². The molecule has 21 heavy (non-hydrogen) atoms. The van der Waals surface area contributed by atoms with Gasteiger partial charge in [0, 0.05) is 12.2 Å². The van der Waals surface area contributed by atoms with Crippen molar-refractivity contribution < 1.29 is 13.2 Å². The number of Topliss-reactive ketones (excluding diaryl/α,β-unsaturated/α-hetero) is 1. The van der Waals surface area contributed by atoms with E-state index in [9.17, 15) is 13.2 Å². The first-order valence-corrected chi connectivity index (χ1v) is 9.21. The Morgan fingerprint density at radius 1 is 1.24 bits per heavy atom. The second-order valence-electron chi connectivity index (χ2n) is 5.63. The topological polar surface area (TPSA) is 54.5 Å². The molecule has 0 saturated carbocycles. The summed E-state index contributed by atoms with van der Waals surface area (Å²) in [5.41, 5.74) is 0.936.